The van der Waals surface area contributed by atoms with Gasteiger partial charge >= 0.3 is 6.03 Å². The molecule has 3 nitrogen and oxygen atoms in total. The summed E-state index contributed by atoms with van der Waals surface area (Å²) >= 11 is 0. The first kappa shape index (κ1) is 12.0. The molecule has 0 aliphatic rings. The summed E-state index contributed by atoms with van der Waals surface area (Å²) in [7, 11) is 0. The average molecular weight is 146 g/mol. The first-order chi connectivity index (χ1) is 4.81. The van der Waals surface area contributed by atoms with E-state index in [1.807, 2.05) is 27.7 Å². The lowest BCUT2D eigenvalue weighted by molar-refractivity contribution is 0.242. The Hall–Kier alpha value is -0.730. The largest absolute Gasteiger partial charge is 0.338 e. The van der Waals surface area contributed by atoms with E-state index in [0.29, 0.717) is 13.1 Å². The first-order valence-corrected chi connectivity index (χ1v) is 3.83. The van der Waals surface area contributed by atoms with Crippen LogP contribution < -0.4 is 10.6 Å². The van der Waals surface area contributed by atoms with E-state index in [2.05, 4.69) is 10.6 Å². The lowest BCUT2D eigenvalue weighted by Crippen LogP contribution is -2.34. The fourth-order valence-electron chi connectivity index (χ4n) is 0.384. The molecule has 0 aliphatic heterocycles. The molecule has 0 unspecified atom stereocenters. The third-order valence-electron chi connectivity index (χ3n) is 0.675. The fourth-order valence-corrected chi connectivity index (χ4v) is 0.384. The van der Waals surface area contributed by atoms with E-state index in [-0.39, 0.29) is 6.03 Å². The Bertz CT molecular complexity index is 66.0. The second-order valence-corrected chi connectivity index (χ2v) is 1.39. The smallest absolute Gasteiger partial charge is 0.314 e. The molecule has 0 bridgehead atoms. The average Bonchev–Trinajstić information content (AvgIpc) is 1.93. The van der Waals surface area contributed by atoms with Gasteiger partial charge in [-0.15, -0.1) is 0 Å². The van der Waals surface area contributed by atoms with Crippen LogP contribution in [0.4, 0.5) is 4.79 Å². The van der Waals surface area contributed by atoms with Crippen LogP contribution in [0.15, 0.2) is 0 Å². The van der Waals surface area contributed by atoms with Gasteiger partial charge in [-0.05, 0) is 13.8 Å². The van der Waals surface area contributed by atoms with Crippen LogP contribution in [-0.2, 0) is 0 Å². The molecule has 0 saturated carbocycles. The quantitative estimate of drug-likeness (QED) is 0.606. The van der Waals surface area contributed by atoms with Gasteiger partial charge in [-0.2, -0.15) is 0 Å². The fraction of sp³-hybridized carbons (Fsp3) is 0.857. The van der Waals surface area contributed by atoms with Crippen LogP contribution >= 0.6 is 0 Å². The summed E-state index contributed by atoms with van der Waals surface area (Å²) in [5, 5.41) is 5.19. The van der Waals surface area contributed by atoms with Crippen LogP contribution in [0.25, 0.3) is 0 Å². The minimum atomic E-state index is -0.0880. The molecule has 2 amide bonds. The minimum absolute atomic E-state index is 0.0880. The highest BCUT2D eigenvalue weighted by atomic mass is 16.2. The number of amides is 2. The van der Waals surface area contributed by atoms with Gasteiger partial charge in [0.1, 0.15) is 0 Å². The van der Waals surface area contributed by atoms with Crippen LogP contribution in [0.3, 0.4) is 0 Å². The molecule has 0 saturated heterocycles. The summed E-state index contributed by atoms with van der Waals surface area (Å²) in [5.74, 6) is 0. The van der Waals surface area contributed by atoms with Gasteiger partial charge in [0.05, 0.1) is 0 Å². The zero-order chi connectivity index (χ0) is 8.41. The lowest BCUT2D eigenvalue weighted by Gasteiger charge is -1.99. The van der Waals surface area contributed by atoms with Gasteiger partial charge in [-0.25, -0.2) is 4.79 Å². The van der Waals surface area contributed by atoms with Gasteiger partial charge in [-0.1, -0.05) is 13.8 Å². The molecule has 0 heterocycles. The number of rotatable bonds is 2. The molecule has 0 aromatic rings. The maximum atomic E-state index is 10.4. The molecule has 0 atom stereocenters. The second kappa shape index (κ2) is 11.1. The van der Waals surface area contributed by atoms with E-state index < -0.39 is 0 Å². The number of urea groups is 1. The number of carbonyl (C=O) groups is 1. The summed E-state index contributed by atoms with van der Waals surface area (Å²) in [5.41, 5.74) is 0. The number of carbonyl (C=O) groups excluding carboxylic acids is 1. The Morgan fingerprint density at radius 3 is 1.60 bits per heavy atom. The van der Waals surface area contributed by atoms with Crippen LogP contribution in [0.5, 0.6) is 0 Å². The molecule has 0 radical (unpaired) electrons. The Balaban J connectivity index is 0. The Morgan fingerprint density at radius 2 is 1.40 bits per heavy atom. The molecule has 0 aromatic heterocycles. The number of nitrogens with one attached hydrogen (secondary N) is 2. The zero-order valence-corrected chi connectivity index (χ0v) is 7.32. The van der Waals surface area contributed by atoms with Crippen molar-refractivity contribution in [2.24, 2.45) is 0 Å². The van der Waals surface area contributed by atoms with Crippen molar-refractivity contribution < 1.29 is 4.79 Å². The van der Waals surface area contributed by atoms with Crippen LogP contribution in [-0.4, -0.2) is 19.1 Å². The van der Waals surface area contributed by atoms with Crippen molar-refractivity contribution >= 4 is 6.03 Å². The standard InChI is InChI=1S/C5H12N2O.C2H6/c1-3-6-5(8)7-4-2;1-2/h3-4H2,1-2H3,(H2,6,7,8);1-2H3. The van der Waals surface area contributed by atoms with E-state index in [1.54, 1.807) is 0 Å². The third kappa shape index (κ3) is 10.3. The molecular formula is C7H18N2O. The van der Waals surface area contributed by atoms with Crippen molar-refractivity contribution in [2.45, 2.75) is 27.7 Å². The number of hydrogen-bond donors (Lipinski definition) is 2. The van der Waals surface area contributed by atoms with Crippen LogP contribution in [0.2, 0.25) is 0 Å². The predicted octanol–water partition coefficient (Wildman–Crippen LogP) is 1.35. The van der Waals surface area contributed by atoms with Crippen molar-refractivity contribution in [3.63, 3.8) is 0 Å². The Labute approximate surface area is 63.2 Å². The molecule has 62 valence electrons. The monoisotopic (exact) mass is 146 g/mol. The van der Waals surface area contributed by atoms with Gasteiger partial charge in [0.25, 0.3) is 0 Å². The molecule has 0 fully saturated rings. The van der Waals surface area contributed by atoms with Gasteiger partial charge in [0.15, 0.2) is 0 Å². The molecule has 3 heteroatoms. The summed E-state index contributed by atoms with van der Waals surface area (Å²) in [6.45, 7) is 9.14. The van der Waals surface area contributed by atoms with E-state index >= 15 is 0 Å². The van der Waals surface area contributed by atoms with Gasteiger partial charge in [-0.3, -0.25) is 0 Å². The molecule has 0 aliphatic carbocycles. The molecule has 0 rings (SSSR count). The highest BCUT2D eigenvalue weighted by Gasteiger charge is 1.89. The molecule has 2 N–H and O–H groups in total. The normalized spacial score (nSPS) is 7.20. The first-order valence-electron chi connectivity index (χ1n) is 3.83. The molecule has 0 aromatic carbocycles. The van der Waals surface area contributed by atoms with Crippen molar-refractivity contribution in [1.29, 1.82) is 0 Å². The summed E-state index contributed by atoms with van der Waals surface area (Å²) in [6.07, 6.45) is 0. The third-order valence-corrected chi connectivity index (χ3v) is 0.675. The van der Waals surface area contributed by atoms with Crippen LogP contribution in [0.1, 0.15) is 27.7 Å². The van der Waals surface area contributed by atoms with Crippen molar-refractivity contribution in [1.82, 2.24) is 10.6 Å². The van der Waals surface area contributed by atoms with E-state index in [0.717, 1.165) is 0 Å². The maximum absolute atomic E-state index is 10.4. The van der Waals surface area contributed by atoms with Crippen LogP contribution in [0, 0.1) is 0 Å². The van der Waals surface area contributed by atoms with E-state index in [9.17, 15) is 4.79 Å². The topological polar surface area (TPSA) is 41.1 Å². The number of hydrogen-bond acceptors (Lipinski definition) is 1. The van der Waals surface area contributed by atoms with Gasteiger partial charge in [0, 0.05) is 13.1 Å². The molecule has 0 spiro atoms. The molecular weight excluding hydrogens is 128 g/mol. The maximum Gasteiger partial charge on any atom is 0.314 e. The summed E-state index contributed by atoms with van der Waals surface area (Å²) in [6, 6.07) is -0.0880. The molecule has 10 heavy (non-hydrogen) atoms. The Kier molecular flexibility index (Phi) is 13.3. The predicted molar refractivity (Wildman–Crippen MR) is 44.1 cm³/mol. The van der Waals surface area contributed by atoms with Crippen molar-refractivity contribution in [3.8, 4) is 0 Å². The lowest BCUT2D eigenvalue weighted by atomic mass is 10.7. The van der Waals surface area contributed by atoms with Gasteiger partial charge < -0.3 is 10.6 Å². The van der Waals surface area contributed by atoms with Gasteiger partial charge in [0.2, 0.25) is 0 Å². The van der Waals surface area contributed by atoms with E-state index in [1.165, 1.54) is 0 Å². The SMILES string of the molecule is CC.CCNC(=O)NCC. The highest BCUT2D eigenvalue weighted by Crippen LogP contribution is 1.60. The van der Waals surface area contributed by atoms with Crippen molar-refractivity contribution in [3.05, 3.63) is 0 Å². The second-order valence-electron chi connectivity index (χ2n) is 1.39. The summed E-state index contributed by atoms with van der Waals surface area (Å²) in [4.78, 5) is 10.4. The minimum Gasteiger partial charge on any atom is -0.338 e. The van der Waals surface area contributed by atoms with Crippen molar-refractivity contribution in [2.75, 3.05) is 13.1 Å². The van der Waals surface area contributed by atoms with E-state index in [4.69, 9.17) is 0 Å². The highest BCUT2D eigenvalue weighted by molar-refractivity contribution is 5.73. The Morgan fingerprint density at radius 1 is 1.10 bits per heavy atom. The summed E-state index contributed by atoms with van der Waals surface area (Å²) < 4.78 is 0. The zero-order valence-electron chi connectivity index (χ0n) is 7.32.